The van der Waals surface area contributed by atoms with Gasteiger partial charge in [0.1, 0.15) is 0 Å². The van der Waals surface area contributed by atoms with Gasteiger partial charge in [-0.3, -0.25) is 4.98 Å². The average Bonchev–Trinajstić information content (AvgIpc) is 2.45. The average molecular weight is 271 g/mol. The fourth-order valence-corrected chi connectivity index (χ4v) is 4.16. The predicted octanol–water partition coefficient (Wildman–Crippen LogP) is 3.35. The van der Waals surface area contributed by atoms with Gasteiger partial charge in [-0.05, 0) is 59.1 Å². The largest absolute Gasteiger partial charge is 0.464 e. The predicted molar refractivity (Wildman–Crippen MR) is 78.5 cm³/mol. The lowest BCUT2D eigenvalue weighted by Gasteiger charge is -2.70. The number of aromatic nitrogens is 1. The maximum Gasteiger partial charge on any atom is 0.464 e. The summed E-state index contributed by atoms with van der Waals surface area (Å²) in [6.45, 7) is 8.53. The lowest BCUT2D eigenvalue weighted by molar-refractivity contribution is -0.0413. The van der Waals surface area contributed by atoms with Crippen molar-refractivity contribution in [3.63, 3.8) is 0 Å². The third-order valence-electron chi connectivity index (χ3n) is 6.03. The molecule has 0 radical (unpaired) electrons. The van der Waals surface area contributed by atoms with Crippen molar-refractivity contribution in [2.24, 2.45) is 0 Å². The van der Waals surface area contributed by atoms with Crippen molar-refractivity contribution in [2.75, 3.05) is 0 Å². The molecule has 4 fully saturated rings. The summed E-state index contributed by atoms with van der Waals surface area (Å²) in [6.07, 6.45) is 5.38. The van der Waals surface area contributed by atoms with Crippen LogP contribution in [0.5, 0.6) is 0 Å². The third kappa shape index (κ3) is 1.42. The minimum Gasteiger partial charge on any atom is -0.403 e. The van der Waals surface area contributed by atoms with Crippen LogP contribution in [0.4, 0.5) is 0 Å². The highest BCUT2D eigenvalue weighted by molar-refractivity contribution is 6.51. The minimum absolute atomic E-state index is 0.0434. The fraction of sp³-hybridized carbons (Fsp3) is 0.688. The van der Waals surface area contributed by atoms with Crippen molar-refractivity contribution in [2.45, 2.75) is 68.9 Å². The summed E-state index contributed by atoms with van der Waals surface area (Å²) in [7, 11) is -0.0434. The summed E-state index contributed by atoms with van der Waals surface area (Å²) < 4.78 is 12.5. The van der Waals surface area contributed by atoms with E-state index in [0.717, 1.165) is 19.3 Å². The molecule has 106 valence electrons. The van der Waals surface area contributed by atoms with E-state index in [1.807, 2.05) is 12.3 Å². The standard InChI is InChI=1S/C16H22BNO2/c1-13(2)14(3,4)20-17(19-13)16-9-15(10-16,11-16)12-7-5-6-8-18-12/h5-8H,9-11H2,1-4H3. The van der Waals surface area contributed by atoms with Gasteiger partial charge in [0.25, 0.3) is 0 Å². The Hall–Kier alpha value is -0.865. The molecule has 4 aliphatic rings. The first kappa shape index (κ1) is 12.8. The van der Waals surface area contributed by atoms with Gasteiger partial charge in [-0.1, -0.05) is 6.07 Å². The van der Waals surface area contributed by atoms with Crippen LogP contribution in [0, 0.1) is 0 Å². The maximum absolute atomic E-state index is 6.25. The van der Waals surface area contributed by atoms with Crippen LogP contribution in [-0.2, 0) is 14.7 Å². The van der Waals surface area contributed by atoms with E-state index in [1.54, 1.807) is 0 Å². The minimum atomic E-state index is -0.217. The molecule has 1 saturated heterocycles. The van der Waals surface area contributed by atoms with Gasteiger partial charge >= 0.3 is 7.12 Å². The highest BCUT2D eigenvalue weighted by atomic mass is 16.7. The third-order valence-corrected chi connectivity index (χ3v) is 6.03. The molecule has 1 aromatic rings. The zero-order valence-corrected chi connectivity index (χ0v) is 12.8. The van der Waals surface area contributed by atoms with Gasteiger partial charge < -0.3 is 9.31 Å². The molecule has 20 heavy (non-hydrogen) atoms. The van der Waals surface area contributed by atoms with E-state index in [1.165, 1.54) is 5.69 Å². The van der Waals surface area contributed by atoms with E-state index in [-0.39, 0.29) is 23.6 Å². The Morgan fingerprint density at radius 2 is 1.60 bits per heavy atom. The fourth-order valence-electron chi connectivity index (χ4n) is 4.16. The quantitative estimate of drug-likeness (QED) is 0.773. The van der Waals surface area contributed by atoms with Gasteiger partial charge in [0.2, 0.25) is 0 Å². The van der Waals surface area contributed by atoms with Gasteiger partial charge in [0.15, 0.2) is 0 Å². The van der Waals surface area contributed by atoms with Crippen LogP contribution in [0.25, 0.3) is 0 Å². The van der Waals surface area contributed by atoms with Crippen LogP contribution in [0.2, 0.25) is 5.31 Å². The Kier molecular flexibility index (Phi) is 2.23. The van der Waals surface area contributed by atoms with Crippen LogP contribution >= 0.6 is 0 Å². The molecule has 0 N–H and O–H groups in total. The lowest BCUT2D eigenvalue weighted by Crippen LogP contribution is -2.66. The molecule has 5 rings (SSSR count). The molecule has 3 aliphatic carbocycles. The van der Waals surface area contributed by atoms with E-state index in [9.17, 15) is 0 Å². The van der Waals surface area contributed by atoms with Crippen LogP contribution in [0.15, 0.2) is 24.4 Å². The first-order valence-electron chi connectivity index (χ1n) is 7.56. The number of hydrogen-bond acceptors (Lipinski definition) is 3. The first-order valence-corrected chi connectivity index (χ1v) is 7.56. The number of nitrogens with zero attached hydrogens (tertiary/aromatic N) is 1. The normalized spacial score (nSPS) is 40.1. The number of hydrogen-bond donors (Lipinski definition) is 0. The molecule has 3 nitrogen and oxygen atoms in total. The van der Waals surface area contributed by atoms with Crippen molar-refractivity contribution in [3.8, 4) is 0 Å². The van der Waals surface area contributed by atoms with Gasteiger partial charge in [-0.2, -0.15) is 0 Å². The summed E-state index contributed by atoms with van der Waals surface area (Å²) >= 11 is 0. The Morgan fingerprint density at radius 3 is 2.10 bits per heavy atom. The Labute approximate surface area is 121 Å². The van der Waals surface area contributed by atoms with E-state index in [0.29, 0.717) is 5.41 Å². The molecule has 2 bridgehead atoms. The van der Waals surface area contributed by atoms with Gasteiger partial charge in [-0.15, -0.1) is 0 Å². The summed E-state index contributed by atoms with van der Waals surface area (Å²) in [5.74, 6) is 0. The molecule has 4 heteroatoms. The van der Waals surface area contributed by atoms with E-state index in [2.05, 4.69) is 44.8 Å². The molecule has 0 unspecified atom stereocenters. The highest BCUT2D eigenvalue weighted by Crippen LogP contribution is 2.80. The second-order valence-corrected chi connectivity index (χ2v) is 7.98. The Balaban J connectivity index is 1.51. The molecule has 3 saturated carbocycles. The highest BCUT2D eigenvalue weighted by Gasteiger charge is 2.77. The number of rotatable bonds is 2. The molecule has 1 aromatic heterocycles. The van der Waals surface area contributed by atoms with Crippen molar-refractivity contribution < 1.29 is 9.31 Å². The maximum atomic E-state index is 6.25. The summed E-state index contributed by atoms with van der Waals surface area (Å²) in [5, 5.41) is 0.239. The van der Waals surface area contributed by atoms with E-state index < -0.39 is 0 Å². The molecular weight excluding hydrogens is 249 g/mol. The SMILES string of the molecule is CC1(C)OB(C23CC(c4ccccn4)(C2)C3)OC1(C)C. The van der Waals surface area contributed by atoms with Crippen molar-refractivity contribution in [1.29, 1.82) is 0 Å². The van der Waals surface area contributed by atoms with Crippen LogP contribution in [-0.4, -0.2) is 23.3 Å². The molecule has 0 amide bonds. The molecular formula is C16H22BNO2. The van der Waals surface area contributed by atoms with Gasteiger partial charge in [-0.25, -0.2) is 0 Å². The second kappa shape index (κ2) is 3.48. The van der Waals surface area contributed by atoms with Crippen LogP contribution < -0.4 is 0 Å². The first-order chi connectivity index (χ1) is 9.29. The monoisotopic (exact) mass is 271 g/mol. The summed E-state index contributed by atoms with van der Waals surface area (Å²) in [5.41, 5.74) is 1.12. The summed E-state index contributed by atoms with van der Waals surface area (Å²) in [4.78, 5) is 4.54. The Bertz CT molecular complexity index is 519. The Morgan fingerprint density at radius 1 is 1.00 bits per heavy atom. The van der Waals surface area contributed by atoms with Gasteiger partial charge in [0.05, 0.1) is 11.2 Å². The zero-order chi connectivity index (χ0) is 14.2. The van der Waals surface area contributed by atoms with E-state index in [4.69, 9.17) is 9.31 Å². The molecule has 2 heterocycles. The number of pyridine rings is 1. The molecule has 0 aromatic carbocycles. The molecule has 0 spiro atoms. The van der Waals surface area contributed by atoms with Crippen LogP contribution in [0.3, 0.4) is 0 Å². The van der Waals surface area contributed by atoms with Crippen LogP contribution in [0.1, 0.15) is 52.7 Å². The van der Waals surface area contributed by atoms with Gasteiger partial charge in [0, 0.05) is 22.6 Å². The van der Waals surface area contributed by atoms with E-state index >= 15 is 0 Å². The zero-order valence-electron chi connectivity index (χ0n) is 12.8. The molecule has 0 atom stereocenters. The molecule has 1 aliphatic heterocycles. The van der Waals surface area contributed by atoms with Crippen molar-refractivity contribution >= 4 is 7.12 Å². The lowest BCUT2D eigenvalue weighted by atomic mass is 9.23. The second-order valence-electron chi connectivity index (χ2n) is 7.98. The smallest absolute Gasteiger partial charge is 0.403 e. The topological polar surface area (TPSA) is 31.4 Å². The van der Waals surface area contributed by atoms with Crippen molar-refractivity contribution in [1.82, 2.24) is 4.98 Å². The van der Waals surface area contributed by atoms with Crippen molar-refractivity contribution in [3.05, 3.63) is 30.1 Å². The summed E-state index contributed by atoms with van der Waals surface area (Å²) in [6, 6.07) is 6.23.